The van der Waals surface area contributed by atoms with E-state index in [-0.39, 0.29) is 22.1 Å². The van der Waals surface area contributed by atoms with Crippen LogP contribution in [-0.4, -0.2) is 16.7 Å². The summed E-state index contributed by atoms with van der Waals surface area (Å²) in [5.74, 6) is -0.602. The fraction of sp³-hybridized carbons (Fsp3) is 0.0714. The molecule has 0 saturated heterocycles. The van der Waals surface area contributed by atoms with Gasteiger partial charge in [0.25, 0.3) is 5.84 Å². The third-order valence-electron chi connectivity index (χ3n) is 2.76. The van der Waals surface area contributed by atoms with Gasteiger partial charge in [0.1, 0.15) is 5.15 Å². The lowest BCUT2D eigenvalue weighted by Crippen LogP contribution is -2.79. The molecule has 1 heterocycles. The summed E-state index contributed by atoms with van der Waals surface area (Å²) in [4.78, 5) is 18.0. The maximum atomic E-state index is 12.5. The minimum atomic E-state index is -4.43. The Kier molecular flexibility index (Phi) is 4.46. The van der Waals surface area contributed by atoms with Crippen LogP contribution in [0, 0.1) is 0 Å². The summed E-state index contributed by atoms with van der Waals surface area (Å²) in [6.07, 6.45) is -3.16. The second kappa shape index (κ2) is 6.15. The number of nitrogens with zero attached hydrogens (tertiary/aromatic N) is 1. The zero-order valence-electron chi connectivity index (χ0n) is 11.0. The monoisotopic (exact) mass is 328 g/mol. The molecule has 4 nitrogen and oxygen atoms in total. The first-order chi connectivity index (χ1) is 10.3. The molecular weight excluding hydrogens is 319 g/mol. The van der Waals surface area contributed by atoms with E-state index < -0.39 is 17.6 Å². The van der Waals surface area contributed by atoms with Gasteiger partial charge in [0.05, 0.1) is 16.7 Å². The minimum Gasteiger partial charge on any atom is -0.286 e. The Morgan fingerprint density at radius 2 is 1.68 bits per heavy atom. The third kappa shape index (κ3) is 3.82. The average Bonchev–Trinajstić information content (AvgIpc) is 2.47. The molecule has 2 aromatic rings. The predicted octanol–water partition coefficient (Wildman–Crippen LogP) is 1.38. The van der Waals surface area contributed by atoms with Gasteiger partial charge in [-0.2, -0.15) is 13.2 Å². The number of hydrogen-bond donors (Lipinski definition) is 2. The molecule has 0 radical (unpaired) electrons. The van der Waals surface area contributed by atoms with Crippen molar-refractivity contribution in [3.05, 3.63) is 64.4 Å². The SMILES string of the molecule is NC(=[NH+]C(=O)c1ccc(Cl)nc1)c1ccc(C(F)(F)F)cc1. The van der Waals surface area contributed by atoms with E-state index >= 15 is 0 Å². The first kappa shape index (κ1) is 16.0. The molecule has 0 saturated carbocycles. The Balaban J connectivity index is 2.21. The molecule has 0 bridgehead atoms. The summed E-state index contributed by atoms with van der Waals surface area (Å²) in [7, 11) is 0. The number of amidine groups is 1. The number of pyridine rings is 1. The van der Waals surface area contributed by atoms with E-state index in [0.29, 0.717) is 0 Å². The molecule has 1 amide bonds. The number of rotatable bonds is 2. The summed E-state index contributed by atoms with van der Waals surface area (Å²) in [6, 6.07) is 7.02. The molecule has 0 unspecified atom stereocenters. The van der Waals surface area contributed by atoms with Crippen molar-refractivity contribution >= 4 is 23.3 Å². The Morgan fingerprint density at radius 3 is 2.18 bits per heavy atom. The lowest BCUT2D eigenvalue weighted by molar-refractivity contribution is -0.345. The van der Waals surface area contributed by atoms with Gasteiger partial charge in [0.2, 0.25) is 0 Å². The van der Waals surface area contributed by atoms with Crippen molar-refractivity contribution in [3.63, 3.8) is 0 Å². The second-order valence-electron chi connectivity index (χ2n) is 4.31. The van der Waals surface area contributed by atoms with Crippen molar-refractivity contribution in [2.24, 2.45) is 5.73 Å². The highest BCUT2D eigenvalue weighted by Gasteiger charge is 2.30. The van der Waals surface area contributed by atoms with Crippen molar-refractivity contribution in [1.82, 2.24) is 4.98 Å². The fourth-order valence-electron chi connectivity index (χ4n) is 1.62. The second-order valence-corrected chi connectivity index (χ2v) is 4.70. The molecule has 0 aliphatic carbocycles. The predicted molar refractivity (Wildman–Crippen MR) is 74.3 cm³/mol. The largest absolute Gasteiger partial charge is 0.416 e. The lowest BCUT2D eigenvalue weighted by atomic mass is 10.1. The molecule has 1 aromatic carbocycles. The number of nitrogens with two attached hydrogens (primary N) is 1. The first-order valence-corrected chi connectivity index (χ1v) is 6.38. The fourth-order valence-corrected chi connectivity index (χ4v) is 1.73. The van der Waals surface area contributed by atoms with Crippen LogP contribution < -0.4 is 10.7 Å². The highest BCUT2D eigenvalue weighted by Crippen LogP contribution is 2.28. The normalized spacial score (nSPS) is 12.3. The van der Waals surface area contributed by atoms with Crippen molar-refractivity contribution < 1.29 is 23.0 Å². The number of carbonyl (C=O) groups is 1. The van der Waals surface area contributed by atoms with E-state index in [9.17, 15) is 18.0 Å². The van der Waals surface area contributed by atoms with Crippen LogP contribution in [0.5, 0.6) is 0 Å². The number of alkyl halides is 3. The van der Waals surface area contributed by atoms with Crippen molar-refractivity contribution in [1.29, 1.82) is 0 Å². The van der Waals surface area contributed by atoms with Gasteiger partial charge in [-0.15, -0.1) is 0 Å². The zero-order chi connectivity index (χ0) is 16.3. The van der Waals surface area contributed by atoms with E-state index in [0.717, 1.165) is 12.1 Å². The van der Waals surface area contributed by atoms with Crippen molar-refractivity contribution in [2.45, 2.75) is 6.18 Å². The molecule has 22 heavy (non-hydrogen) atoms. The van der Waals surface area contributed by atoms with Gasteiger partial charge in [0.15, 0.2) is 0 Å². The Morgan fingerprint density at radius 1 is 1.09 bits per heavy atom. The number of halogens is 4. The highest BCUT2D eigenvalue weighted by atomic mass is 35.5. The Labute approximate surface area is 128 Å². The summed E-state index contributed by atoms with van der Waals surface area (Å²) in [5.41, 5.74) is 5.37. The highest BCUT2D eigenvalue weighted by molar-refractivity contribution is 6.29. The Bertz CT molecular complexity index is 710. The van der Waals surface area contributed by atoms with Gasteiger partial charge in [-0.25, -0.2) is 14.8 Å². The minimum absolute atomic E-state index is 0.0614. The zero-order valence-corrected chi connectivity index (χ0v) is 11.7. The maximum absolute atomic E-state index is 12.5. The topological polar surface area (TPSA) is 70.0 Å². The molecule has 114 valence electrons. The van der Waals surface area contributed by atoms with Crippen LogP contribution >= 0.6 is 11.6 Å². The summed E-state index contributed by atoms with van der Waals surface area (Å²) < 4.78 is 37.4. The molecule has 1 aromatic heterocycles. The van der Waals surface area contributed by atoms with Crippen LogP contribution in [0.4, 0.5) is 13.2 Å². The number of nitrogen functional groups attached to an aromatic ring is 1. The van der Waals surface area contributed by atoms with Crippen LogP contribution in [0.1, 0.15) is 21.5 Å². The van der Waals surface area contributed by atoms with E-state index in [2.05, 4.69) is 9.98 Å². The van der Waals surface area contributed by atoms with Gasteiger partial charge in [-0.05, 0) is 36.4 Å². The summed E-state index contributed by atoms with van der Waals surface area (Å²) in [6.45, 7) is 0. The van der Waals surface area contributed by atoms with E-state index in [4.69, 9.17) is 17.3 Å². The van der Waals surface area contributed by atoms with Crippen LogP contribution in [0.15, 0.2) is 42.6 Å². The van der Waals surface area contributed by atoms with Crippen molar-refractivity contribution in [3.8, 4) is 0 Å². The van der Waals surface area contributed by atoms with Gasteiger partial charge in [0, 0.05) is 6.20 Å². The van der Waals surface area contributed by atoms with Crippen LogP contribution in [0.2, 0.25) is 5.15 Å². The number of amides is 1. The van der Waals surface area contributed by atoms with Crippen LogP contribution in [-0.2, 0) is 6.18 Å². The number of nitrogens with one attached hydrogen (secondary N) is 1. The number of benzene rings is 1. The number of carbonyl (C=O) groups excluding carboxylic acids is 1. The number of hydrogen-bond acceptors (Lipinski definition) is 2. The number of aromatic nitrogens is 1. The Hall–Kier alpha value is -2.41. The first-order valence-electron chi connectivity index (χ1n) is 6.00. The molecule has 0 fully saturated rings. The maximum Gasteiger partial charge on any atom is 0.416 e. The lowest BCUT2D eigenvalue weighted by Gasteiger charge is -2.05. The van der Waals surface area contributed by atoms with Crippen LogP contribution in [0.25, 0.3) is 0 Å². The molecule has 8 heteroatoms. The standard InChI is InChI=1S/C14H9ClF3N3O/c15-11-6-3-9(7-20-11)13(22)21-12(19)8-1-4-10(5-2-8)14(16,17)18/h1-7H,(H2,19,21,22)/p+1. The third-order valence-corrected chi connectivity index (χ3v) is 2.98. The van der Waals surface area contributed by atoms with E-state index in [1.54, 1.807) is 0 Å². The van der Waals surface area contributed by atoms with Gasteiger partial charge in [-0.1, -0.05) is 11.6 Å². The van der Waals surface area contributed by atoms with Gasteiger partial charge in [-0.3, -0.25) is 5.73 Å². The molecule has 0 aliphatic heterocycles. The summed E-state index contributed by atoms with van der Waals surface area (Å²) in [5, 5.41) is 0.233. The summed E-state index contributed by atoms with van der Waals surface area (Å²) >= 11 is 5.60. The average molecular weight is 329 g/mol. The quantitative estimate of drug-likeness (QED) is 0.497. The van der Waals surface area contributed by atoms with Crippen molar-refractivity contribution in [2.75, 3.05) is 0 Å². The smallest absolute Gasteiger partial charge is 0.286 e. The molecule has 3 N–H and O–H groups in total. The van der Waals surface area contributed by atoms with Crippen LogP contribution in [0.3, 0.4) is 0 Å². The van der Waals surface area contributed by atoms with Gasteiger partial charge >= 0.3 is 12.1 Å². The molecule has 2 rings (SSSR count). The molecule has 0 spiro atoms. The molecular formula is C14H10ClF3N3O+. The van der Waals surface area contributed by atoms with E-state index in [1.807, 2.05) is 0 Å². The van der Waals surface area contributed by atoms with E-state index in [1.165, 1.54) is 30.5 Å². The molecule has 0 atom stereocenters. The molecule has 0 aliphatic rings. The van der Waals surface area contributed by atoms with Gasteiger partial charge < -0.3 is 0 Å².